The maximum absolute atomic E-state index is 11.6. The van der Waals surface area contributed by atoms with Gasteiger partial charge in [-0.2, -0.15) is 0 Å². The number of carbonyl (C=O) groups excluding carboxylic acids is 1. The van der Waals surface area contributed by atoms with Crippen LogP contribution < -0.4 is 4.74 Å². The predicted octanol–water partition coefficient (Wildman–Crippen LogP) is 4.78. The molecule has 0 saturated heterocycles. The lowest BCUT2D eigenvalue weighted by Crippen LogP contribution is -2.02. The van der Waals surface area contributed by atoms with Crippen molar-refractivity contribution in [2.24, 2.45) is 0 Å². The standard InChI is InChI=1S/C18H28O2/c1-5-8-16(19)9-7-10-18-14(3)12-17(13-15(18)4)20-11-6-2/h12-13H,5-11H2,1-4H3. The van der Waals surface area contributed by atoms with Crippen molar-refractivity contribution in [1.29, 1.82) is 0 Å². The van der Waals surface area contributed by atoms with Gasteiger partial charge in [-0.1, -0.05) is 13.8 Å². The van der Waals surface area contributed by atoms with Gasteiger partial charge in [-0.25, -0.2) is 0 Å². The average molecular weight is 276 g/mol. The van der Waals surface area contributed by atoms with Crippen molar-refractivity contribution in [3.05, 3.63) is 28.8 Å². The molecule has 0 spiro atoms. The number of carbonyl (C=O) groups is 1. The van der Waals surface area contributed by atoms with Gasteiger partial charge < -0.3 is 4.74 Å². The van der Waals surface area contributed by atoms with Gasteiger partial charge in [-0.3, -0.25) is 4.79 Å². The van der Waals surface area contributed by atoms with Crippen molar-refractivity contribution in [1.82, 2.24) is 0 Å². The molecule has 0 aliphatic carbocycles. The normalized spacial score (nSPS) is 10.6. The van der Waals surface area contributed by atoms with Gasteiger partial charge in [0.15, 0.2) is 0 Å². The predicted molar refractivity (Wildman–Crippen MR) is 84.6 cm³/mol. The number of aryl methyl sites for hydroxylation is 2. The molecule has 1 aromatic rings. The summed E-state index contributed by atoms with van der Waals surface area (Å²) < 4.78 is 5.69. The zero-order valence-electron chi connectivity index (χ0n) is 13.4. The molecule has 0 aliphatic heterocycles. The molecule has 1 rings (SSSR count). The maximum atomic E-state index is 11.6. The topological polar surface area (TPSA) is 26.3 Å². The van der Waals surface area contributed by atoms with Crippen LogP contribution in [0.1, 0.15) is 62.6 Å². The Morgan fingerprint density at radius 3 is 2.25 bits per heavy atom. The first-order valence-electron chi connectivity index (χ1n) is 7.83. The van der Waals surface area contributed by atoms with E-state index in [-0.39, 0.29) is 0 Å². The molecule has 2 nitrogen and oxygen atoms in total. The molecule has 0 aromatic heterocycles. The smallest absolute Gasteiger partial charge is 0.132 e. The molecule has 0 atom stereocenters. The molecular formula is C18H28O2. The second-order valence-corrected chi connectivity index (χ2v) is 5.53. The van der Waals surface area contributed by atoms with E-state index in [1.807, 2.05) is 0 Å². The zero-order valence-corrected chi connectivity index (χ0v) is 13.4. The summed E-state index contributed by atoms with van der Waals surface area (Å²) in [7, 11) is 0. The van der Waals surface area contributed by atoms with Crippen LogP contribution in [0.5, 0.6) is 5.75 Å². The SMILES string of the molecule is CCCOc1cc(C)c(CCCC(=O)CCC)c(C)c1. The highest BCUT2D eigenvalue weighted by Crippen LogP contribution is 2.23. The van der Waals surface area contributed by atoms with E-state index in [0.717, 1.165) is 44.5 Å². The Kier molecular flexibility index (Phi) is 7.35. The maximum Gasteiger partial charge on any atom is 0.132 e. The quantitative estimate of drug-likeness (QED) is 0.648. The summed E-state index contributed by atoms with van der Waals surface area (Å²) >= 11 is 0. The van der Waals surface area contributed by atoms with Crippen LogP contribution in [0.25, 0.3) is 0 Å². The van der Waals surface area contributed by atoms with Gasteiger partial charge in [0.1, 0.15) is 11.5 Å². The van der Waals surface area contributed by atoms with E-state index in [1.165, 1.54) is 16.7 Å². The molecule has 0 heterocycles. The van der Waals surface area contributed by atoms with Gasteiger partial charge in [-0.05, 0) is 68.4 Å². The number of ether oxygens (including phenoxy) is 1. The molecule has 0 unspecified atom stereocenters. The van der Waals surface area contributed by atoms with Crippen molar-refractivity contribution in [3.8, 4) is 5.75 Å². The first kappa shape index (κ1) is 16.7. The summed E-state index contributed by atoms with van der Waals surface area (Å²) in [5.74, 6) is 1.36. The Morgan fingerprint density at radius 1 is 1.05 bits per heavy atom. The molecule has 20 heavy (non-hydrogen) atoms. The molecule has 0 N–H and O–H groups in total. The number of hydrogen-bond donors (Lipinski definition) is 0. The fraction of sp³-hybridized carbons (Fsp3) is 0.611. The van der Waals surface area contributed by atoms with E-state index in [1.54, 1.807) is 0 Å². The highest BCUT2D eigenvalue weighted by Gasteiger charge is 2.07. The third kappa shape index (κ3) is 5.36. The van der Waals surface area contributed by atoms with Crippen molar-refractivity contribution < 1.29 is 9.53 Å². The van der Waals surface area contributed by atoms with E-state index in [2.05, 4.69) is 39.8 Å². The van der Waals surface area contributed by atoms with Crippen LogP contribution in [0.3, 0.4) is 0 Å². The summed E-state index contributed by atoms with van der Waals surface area (Å²) in [6.45, 7) is 9.20. The van der Waals surface area contributed by atoms with E-state index in [4.69, 9.17) is 4.74 Å². The fourth-order valence-electron chi connectivity index (χ4n) is 2.52. The van der Waals surface area contributed by atoms with Crippen molar-refractivity contribution in [3.63, 3.8) is 0 Å². The Bertz CT molecular complexity index is 412. The fourth-order valence-corrected chi connectivity index (χ4v) is 2.52. The molecule has 112 valence electrons. The number of hydrogen-bond acceptors (Lipinski definition) is 2. The highest BCUT2D eigenvalue weighted by atomic mass is 16.5. The van der Waals surface area contributed by atoms with Crippen LogP contribution in [0, 0.1) is 13.8 Å². The molecule has 0 amide bonds. The first-order chi connectivity index (χ1) is 9.58. The molecule has 0 aliphatic rings. The zero-order chi connectivity index (χ0) is 15.0. The number of Topliss-reactive ketones (excluding diaryl/α,β-unsaturated/α-hetero) is 1. The van der Waals surface area contributed by atoms with E-state index >= 15 is 0 Å². The van der Waals surface area contributed by atoms with Crippen molar-refractivity contribution in [2.75, 3.05) is 6.61 Å². The Balaban J connectivity index is 2.59. The van der Waals surface area contributed by atoms with Gasteiger partial charge in [-0.15, -0.1) is 0 Å². The second-order valence-electron chi connectivity index (χ2n) is 5.53. The van der Waals surface area contributed by atoms with Crippen molar-refractivity contribution >= 4 is 5.78 Å². The molecule has 1 aromatic carbocycles. The molecule has 2 heteroatoms. The van der Waals surface area contributed by atoms with Crippen LogP contribution >= 0.6 is 0 Å². The summed E-state index contributed by atoms with van der Waals surface area (Å²) in [5.41, 5.74) is 3.93. The summed E-state index contributed by atoms with van der Waals surface area (Å²) in [6.07, 6.45) is 5.36. The minimum Gasteiger partial charge on any atom is -0.494 e. The van der Waals surface area contributed by atoms with Gasteiger partial charge in [0, 0.05) is 12.8 Å². The lowest BCUT2D eigenvalue weighted by Gasteiger charge is -2.13. The van der Waals surface area contributed by atoms with Gasteiger partial charge in [0.05, 0.1) is 6.61 Å². The summed E-state index contributed by atoms with van der Waals surface area (Å²) in [6, 6.07) is 4.23. The third-order valence-electron chi connectivity index (χ3n) is 3.55. The van der Waals surface area contributed by atoms with Gasteiger partial charge in [0.2, 0.25) is 0 Å². The van der Waals surface area contributed by atoms with E-state index < -0.39 is 0 Å². The van der Waals surface area contributed by atoms with E-state index in [9.17, 15) is 4.79 Å². The number of ketones is 1. The summed E-state index contributed by atoms with van der Waals surface area (Å²) in [5, 5.41) is 0. The average Bonchev–Trinajstić information content (AvgIpc) is 2.40. The second kappa shape index (κ2) is 8.78. The van der Waals surface area contributed by atoms with Crippen molar-refractivity contribution in [2.45, 2.75) is 66.2 Å². The van der Waals surface area contributed by atoms with Crippen LogP contribution in [-0.4, -0.2) is 12.4 Å². The number of rotatable bonds is 9. The molecule has 0 fully saturated rings. The minimum atomic E-state index is 0.394. The van der Waals surface area contributed by atoms with Crippen LogP contribution in [0.2, 0.25) is 0 Å². The van der Waals surface area contributed by atoms with Gasteiger partial charge in [0.25, 0.3) is 0 Å². The first-order valence-corrected chi connectivity index (χ1v) is 7.83. The lowest BCUT2D eigenvalue weighted by atomic mass is 9.96. The van der Waals surface area contributed by atoms with Crippen LogP contribution in [0.15, 0.2) is 12.1 Å². The Hall–Kier alpha value is -1.31. The lowest BCUT2D eigenvalue weighted by molar-refractivity contribution is -0.119. The van der Waals surface area contributed by atoms with Crippen LogP contribution in [0.4, 0.5) is 0 Å². The molecule has 0 saturated carbocycles. The minimum absolute atomic E-state index is 0.394. The third-order valence-corrected chi connectivity index (χ3v) is 3.55. The Morgan fingerprint density at radius 2 is 1.70 bits per heavy atom. The molecular weight excluding hydrogens is 248 g/mol. The van der Waals surface area contributed by atoms with Crippen LogP contribution in [-0.2, 0) is 11.2 Å². The molecule has 0 radical (unpaired) electrons. The monoisotopic (exact) mass is 276 g/mol. The largest absolute Gasteiger partial charge is 0.494 e. The Labute approximate surface area is 123 Å². The highest BCUT2D eigenvalue weighted by molar-refractivity contribution is 5.78. The number of benzene rings is 1. The molecule has 0 bridgehead atoms. The van der Waals surface area contributed by atoms with Gasteiger partial charge >= 0.3 is 0 Å². The summed E-state index contributed by atoms with van der Waals surface area (Å²) in [4.78, 5) is 11.6. The van der Waals surface area contributed by atoms with E-state index in [0.29, 0.717) is 12.2 Å².